The van der Waals surface area contributed by atoms with Gasteiger partial charge in [0, 0.05) is 20.2 Å². The molecule has 0 N–H and O–H groups in total. The Morgan fingerprint density at radius 2 is 2.00 bits per heavy atom. The molecule has 3 nitrogen and oxygen atoms in total. The fourth-order valence-electron chi connectivity index (χ4n) is 1.25. The summed E-state index contributed by atoms with van der Waals surface area (Å²) in [5.74, 6) is -0.349. The van der Waals surface area contributed by atoms with Crippen molar-refractivity contribution in [1.82, 2.24) is 4.90 Å². The first-order valence-corrected chi connectivity index (χ1v) is 5.19. The van der Waals surface area contributed by atoms with Gasteiger partial charge in [-0.2, -0.15) is 0 Å². The van der Waals surface area contributed by atoms with Gasteiger partial charge in [0.25, 0.3) is 0 Å². The highest BCUT2D eigenvalue weighted by Crippen LogP contribution is 2.05. The van der Waals surface area contributed by atoms with Crippen molar-refractivity contribution in [2.45, 2.75) is 13.5 Å². The maximum Gasteiger partial charge on any atom is 0.248 e. The third kappa shape index (κ3) is 3.98. The molecule has 0 saturated heterocycles. The molecule has 0 radical (unpaired) electrons. The van der Waals surface area contributed by atoms with Gasteiger partial charge in [-0.15, -0.1) is 0 Å². The standard InChI is InChI=1S/C12H16FNO2/c1-3-16-9-12(15)14(2)8-10-4-6-11(13)7-5-10/h4-7H,3,8-9H2,1-2H3. The number of amides is 1. The summed E-state index contributed by atoms with van der Waals surface area (Å²) in [4.78, 5) is 13.1. The van der Waals surface area contributed by atoms with E-state index in [9.17, 15) is 9.18 Å². The van der Waals surface area contributed by atoms with Crippen LogP contribution in [0.2, 0.25) is 0 Å². The molecule has 0 aliphatic rings. The van der Waals surface area contributed by atoms with Crippen molar-refractivity contribution in [3.8, 4) is 0 Å². The highest BCUT2D eigenvalue weighted by Gasteiger charge is 2.08. The van der Waals surface area contributed by atoms with Crippen molar-refractivity contribution in [3.05, 3.63) is 35.6 Å². The minimum absolute atomic E-state index is 0.0776. The predicted molar refractivity (Wildman–Crippen MR) is 59.4 cm³/mol. The van der Waals surface area contributed by atoms with Crippen LogP contribution in [0.3, 0.4) is 0 Å². The molecule has 0 bridgehead atoms. The van der Waals surface area contributed by atoms with E-state index in [1.54, 1.807) is 24.1 Å². The Morgan fingerprint density at radius 3 is 2.56 bits per heavy atom. The second kappa shape index (κ2) is 6.23. The number of benzene rings is 1. The summed E-state index contributed by atoms with van der Waals surface area (Å²) in [6, 6.07) is 6.10. The van der Waals surface area contributed by atoms with Crippen molar-refractivity contribution in [3.63, 3.8) is 0 Å². The molecule has 16 heavy (non-hydrogen) atoms. The highest BCUT2D eigenvalue weighted by molar-refractivity contribution is 5.77. The number of ether oxygens (including phenoxy) is 1. The summed E-state index contributed by atoms with van der Waals surface area (Å²) in [6.45, 7) is 2.92. The Morgan fingerprint density at radius 1 is 1.38 bits per heavy atom. The van der Waals surface area contributed by atoms with Crippen LogP contribution < -0.4 is 0 Å². The van der Waals surface area contributed by atoms with Crippen molar-refractivity contribution in [1.29, 1.82) is 0 Å². The number of hydrogen-bond donors (Lipinski definition) is 0. The molecule has 0 aliphatic heterocycles. The summed E-state index contributed by atoms with van der Waals surface area (Å²) in [5, 5.41) is 0. The van der Waals surface area contributed by atoms with Crippen LogP contribution in [-0.2, 0) is 16.1 Å². The fraction of sp³-hybridized carbons (Fsp3) is 0.417. The third-order valence-corrected chi connectivity index (χ3v) is 2.19. The van der Waals surface area contributed by atoms with Gasteiger partial charge in [-0.05, 0) is 24.6 Å². The predicted octanol–water partition coefficient (Wildman–Crippen LogP) is 1.82. The van der Waals surface area contributed by atoms with Crippen LogP contribution in [0, 0.1) is 5.82 Å². The number of nitrogens with zero attached hydrogens (tertiary/aromatic N) is 1. The maximum atomic E-state index is 12.6. The Labute approximate surface area is 94.8 Å². The molecule has 0 spiro atoms. The van der Waals surface area contributed by atoms with Crippen molar-refractivity contribution >= 4 is 5.91 Å². The van der Waals surface area contributed by atoms with Gasteiger partial charge in [-0.3, -0.25) is 4.79 Å². The zero-order chi connectivity index (χ0) is 12.0. The Hall–Kier alpha value is -1.42. The molecule has 1 amide bonds. The Balaban J connectivity index is 2.47. The molecule has 1 aromatic carbocycles. The largest absolute Gasteiger partial charge is 0.372 e. The second-order valence-electron chi connectivity index (χ2n) is 3.51. The lowest BCUT2D eigenvalue weighted by molar-refractivity contribution is -0.135. The van der Waals surface area contributed by atoms with Crippen LogP contribution in [0.25, 0.3) is 0 Å². The average molecular weight is 225 g/mol. The van der Waals surface area contributed by atoms with Gasteiger partial charge in [0.15, 0.2) is 0 Å². The minimum atomic E-state index is -0.271. The molecule has 0 fully saturated rings. The molecule has 1 aromatic rings. The molecule has 0 heterocycles. The molecule has 0 atom stereocenters. The van der Waals surface area contributed by atoms with Gasteiger partial charge in [0.1, 0.15) is 12.4 Å². The number of halogens is 1. The first-order valence-electron chi connectivity index (χ1n) is 5.19. The number of carbonyl (C=O) groups excluding carboxylic acids is 1. The van der Waals surface area contributed by atoms with Gasteiger partial charge < -0.3 is 9.64 Å². The molecule has 0 aromatic heterocycles. The summed E-state index contributed by atoms with van der Waals surface area (Å²) in [6.07, 6.45) is 0. The monoisotopic (exact) mass is 225 g/mol. The topological polar surface area (TPSA) is 29.5 Å². The summed E-state index contributed by atoms with van der Waals surface area (Å²) in [5.41, 5.74) is 0.897. The van der Waals surface area contributed by atoms with E-state index in [2.05, 4.69) is 0 Å². The summed E-state index contributed by atoms with van der Waals surface area (Å²) < 4.78 is 17.7. The van der Waals surface area contributed by atoms with Gasteiger partial charge in [-0.1, -0.05) is 12.1 Å². The lowest BCUT2D eigenvalue weighted by Gasteiger charge is -2.17. The molecular formula is C12H16FNO2. The van der Waals surface area contributed by atoms with Gasteiger partial charge >= 0.3 is 0 Å². The smallest absolute Gasteiger partial charge is 0.248 e. The van der Waals surface area contributed by atoms with Gasteiger partial charge in [0.05, 0.1) is 0 Å². The Kier molecular flexibility index (Phi) is 4.92. The summed E-state index contributed by atoms with van der Waals surface area (Å²) in [7, 11) is 1.70. The molecule has 0 unspecified atom stereocenters. The maximum absolute atomic E-state index is 12.6. The molecular weight excluding hydrogens is 209 g/mol. The quantitative estimate of drug-likeness (QED) is 0.765. The van der Waals surface area contributed by atoms with Gasteiger partial charge in [0.2, 0.25) is 5.91 Å². The van der Waals surface area contributed by atoms with Crippen molar-refractivity contribution in [2.75, 3.05) is 20.3 Å². The molecule has 88 valence electrons. The van der Waals surface area contributed by atoms with Crippen LogP contribution in [0.1, 0.15) is 12.5 Å². The minimum Gasteiger partial charge on any atom is -0.372 e. The zero-order valence-electron chi connectivity index (χ0n) is 9.57. The number of hydrogen-bond acceptors (Lipinski definition) is 2. The molecule has 0 aliphatic carbocycles. The fourth-order valence-corrected chi connectivity index (χ4v) is 1.25. The lowest BCUT2D eigenvalue weighted by atomic mass is 10.2. The Bertz CT molecular complexity index is 337. The normalized spacial score (nSPS) is 10.2. The highest BCUT2D eigenvalue weighted by atomic mass is 19.1. The van der Waals surface area contributed by atoms with Crippen LogP contribution in [0.4, 0.5) is 4.39 Å². The van der Waals surface area contributed by atoms with Crippen LogP contribution in [-0.4, -0.2) is 31.1 Å². The van der Waals surface area contributed by atoms with Crippen LogP contribution >= 0.6 is 0 Å². The summed E-state index contributed by atoms with van der Waals surface area (Å²) >= 11 is 0. The molecule has 4 heteroatoms. The van der Waals surface area contributed by atoms with E-state index in [4.69, 9.17) is 4.74 Å². The van der Waals surface area contributed by atoms with E-state index in [-0.39, 0.29) is 18.3 Å². The zero-order valence-corrected chi connectivity index (χ0v) is 9.57. The van der Waals surface area contributed by atoms with Gasteiger partial charge in [-0.25, -0.2) is 4.39 Å². The SMILES string of the molecule is CCOCC(=O)N(C)Cc1ccc(F)cc1. The van der Waals surface area contributed by atoms with E-state index < -0.39 is 0 Å². The van der Waals surface area contributed by atoms with E-state index in [0.717, 1.165) is 5.56 Å². The van der Waals surface area contributed by atoms with E-state index >= 15 is 0 Å². The van der Waals surface area contributed by atoms with Crippen LogP contribution in [0.5, 0.6) is 0 Å². The van der Waals surface area contributed by atoms with Crippen molar-refractivity contribution < 1.29 is 13.9 Å². The van der Waals surface area contributed by atoms with E-state index in [0.29, 0.717) is 13.2 Å². The first kappa shape index (κ1) is 12.6. The number of rotatable bonds is 5. The molecule has 1 rings (SSSR count). The second-order valence-corrected chi connectivity index (χ2v) is 3.51. The van der Waals surface area contributed by atoms with Crippen molar-refractivity contribution in [2.24, 2.45) is 0 Å². The molecule has 0 saturated carbocycles. The lowest BCUT2D eigenvalue weighted by Crippen LogP contribution is -2.29. The van der Waals surface area contributed by atoms with E-state index in [1.807, 2.05) is 6.92 Å². The third-order valence-electron chi connectivity index (χ3n) is 2.19. The van der Waals surface area contributed by atoms with E-state index in [1.165, 1.54) is 12.1 Å². The number of carbonyl (C=O) groups is 1. The first-order chi connectivity index (χ1) is 7.63. The van der Waals surface area contributed by atoms with Crippen LogP contribution in [0.15, 0.2) is 24.3 Å². The number of likely N-dealkylation sites (N-methyl/N-ethyl adjacent to an activating group) is 1. The average Bonchev–Trinajstić information content (AvgIpc) is 2.29.